The minimum atomic E-state index is -2.75. The van der Waals surface area contributed by atoms with Crippen LogP contribution in [0.1, 0.15) is 22.9 Å². The quantitative estimate of drug-likeness (QED) is 0.0788. The summed E-state index contributed by atoms with van der Waals surface area (Å²) < 4.78 is 33.7. The van der Waals surface area contributed by atoms with E-state index in [0.717, 1.165) is 16.7 Å². The molecule has 1 unspecified atom stereocenters. The topological polar surface area (TPSA) is 117 Å². The predicted octanol–water partition coefficient (Wildman–Crippen LogP) is 4.49. The van der Waals surface area contributed by atoms with E-state index in [1.807, 2.05) is 97.1 Å². The van der Waals surface area contributed by atoms with Crippen LogP contribution in [0.2, 0.25) is 5.32 Å². The number of ether oxygens (including phenoxy) is 3. The number of carbonyl (C=O) groups is 1. The molecule has 240 valence electrons. The zero-order valence-electron chi connectivity index (χ0n) is 25.6. The first-order valence-electron chi connectivity index (χ1n) is 14.9. The van der Waals surface area contributed by atoms with Crippen molar-refractivity contribution >= 4 is 24.3 Å². The Kier molecular flexibility index (Phi) is 11.4. The fourth-order valence-corrected chi connectivity index (χ4v) is 7.62. The van der Waals surface area contributed by atoms with Gasteiger partial charge >= 0.3 is 277 Å². The first-order chi connectivity index (χ1) is 22.9. The normalized spacial score (nSPS) is 13.6. The molecule has 0 aliphatic carbocycles. The summed E-state index contributed by atoms with van der Waals surface area (Å²) in [6.07, 6.45) is 1.99. The van der Waals surface area contributed by atoms with Crippen molar-refractivity contribution in [3.63, 3.8) is 0 Å². The zero-order chi connectivity index (χ0) is 33.1. The third-order valence-electron chi connectivity index (χ3n) is 7.45. The maximum atomic E-state index is 13.6. The van der Waals surface area contributed by atoms with Crippen molar-refractivity contribution in [3.8, 4) is 0 Å². The molecule has 3 atom stereocenters. The molecule has 0 spiro atoms. The molecule has 0 radical (unpaired) electrons. The van der Waals surface area contributed by atoms with Crippen LogP contribution in [-0.2, 0) is 28.4 Å². The van der Waals surface area contributed by atoms with Crippen LogP contribution in [0.5, 0.6) is 0 Å². The molecule has 5 aromatic rings. The number of hydrogen-bond acceptors (Lipinski definition) is 7. The average molecular weight is 698 g/mol. The predicted molar refractivity (Wildman–Crippen MR) is 179 cm³/mol. The van der Waals surface area contributed by atoms with E-state index in [0.29, 0.717) is 4.46 Å². The number of carbonyl (C=O) groups excluding carboxylic acids is 1. The van der Waals surface area contributed by atoms with Crippen LogP contribution in [-0.4, -0.2) is 49.2 Å². The van der Waals surface area contributed by atoms with Gasteiger partial charge in [0.1, 0.15) is 0 Å². The molecule has 0 bridgehead atoms. The second-order valence-electron chi connectivity index (χ2n) is 10.4. The summed E-state index contributed by atoms with van der Waals surface area (Å²) in [6, 6.07) is 39.4. The molecule has 10 heteroatoms. The van der Waals surface area contributed by atoms with Gasteiger partial charge in [0, 0.05) is 0 Å². The number of H-pyrrole nitrogens is 1. The number of nitrogens with zero attached hydrogens (tertiary/aromatic N) is 1. The van der Waals surface area contributed by atoms with Crippen LogP contribution in [0.25, 0.3) is 0 Å². The van der Waals surface area contributed by atoms with Gasteiger partial charge in [0.25, 0.3) is 0 Å². The number of rotatable bonds is 14. The van der Waals surface area contributed by atoms with Gasteiger partial charge in [-0.2, -0.15) is 0 Å². The van der Waals surface area contributed by atoms with Crippen LogP contribution < -0.4 is 15.7 Å². The Morgan fingerprint density at radius 1 is 0.809 bits per heavy atom. The molecule has 0 aliphatic rings. The molecule has 0 fully saturated rings. The Morgan fingerprint density at radius 3 is 1.81 bits per heavy atom. The van der Waals surface area contributed by atoms with Crippen LogP contribution in [0.3, 0.4) is 0 Å². The Hall–Kier alpha value is -4.99. The second-order valence-corrected chi connectivity index (χ2v) is 13.6. The van der Waals surface area contributed by atoms with Crippen molar-refractivity contribution in [2.75, 3.05) is 13.7 Å². The molecular formula is C37H34N2O7Se. The molecule has 1 aromatic heterocycles. The molecule has 9 nitrogen and oxygen atoms in total. The molecule has 0 aliphatic heterocycles. The van der Waals surface area contributed by atoms with Gasteiger partial charge in [0.15, 0.2) is 0 Å². The number of hydrogen-bond donors (Lipinski definition) is 1. The van der Waals surface area contributed by atoms with Gasteiger partial charge < -0.3 is 0 Å². The van der Waals surface area contributed by atoms with Gasteiger partial charge in [-0.05, 0) is 0 Å². The summed E-state index contributed by atoms with van der Waals surface area (Å²) in [6.45, 7) is -0.102. The summed E-state index contributed by atoms with van der Waals surface area (Å²) in [5.41, 5.74) is 0.170. The number of aromatic nitrogens is 2. The molecular weight excluding hydrogens is 663 g/mol. The summed E-state index contributed by atoms with van der Waals surface area (Å²) in [7, 11) is 1.26. The van der Waals surface area contributed by atoms with E-state index in [4.69, 9.17) is 14.2 Å². The van der Waals surface area contributed by atoms with Crippen LogP contribution in [0.4, 0.5) is 0 Å². The van der Waals surface area contributed by atoms with E-state index in [2.05, 4.69) is 4.98 Å². The van der Waals surface area contributed by atoms with Crippen molar-refractivity contribution in [3.05, 3.63) is 183 Å². The zero-order valence-corrected chi connectivity index (χ0v) is 27.4. The van der Waals surface area contributed by atoms with E-state index in [9.17, 15) is 18.2 Å². The standard InChI is InChI=1S/C37H34N2O7Se/c1-44-35(41)23-22-31(46-34(39-25-24-33(40)38-36(39)42)27-47(43)32-20-12-5-13-21-32)26-45-37(28-14-6-2-7-15-28,29-16-8-3-9-17-29)30-18-10-4-11-19-30/h2-25,31,34H,26-27H2,1H3,(H,38,40,42)/b23-22+/t31-,34+,47?/m0/s1. The fourth-order valence-electron chi connectivity index (χ4n) is 5.21. The van der Waals surface area contributed by atoms with E-state index in [1.165, 1.54) is 36.1 Å². The molecule has 1 N–H and O–H groups in total. The number of nitrogens with one attached hydrogen (secondary N) is 1. The third kappa shape index (κ3) is 8.24. The molecule has 0 saturated heterocycles. The summed E-state index contributed by atoms with van der Waals surface area (Å²) in [4.78, 5) is 39.4. The number of aromatic amines is 1. The summed E-state index contributed by atoms with van der Waals surface area (Å²) in [5.74, 6) is -0.615. The Labute approximate surface area is 276 Å². The minimum absolute atomic E-state index is 0.0419. The molecule has 47 heavy (non-hydrogen) atoms. The van der Waals surface area contributed by atoms with Crippen molar-refractivity contribution < 1.29 is 22.8 Å². The number of benzene rings is 4. The van der Waals surface area contributed by atoms with Gasteiger partial charge in [0.05, 0.1) is 0 Å². The molecule has 4 aromatic carbocycles. The van der Waals surface area contributed by atoms with E-state index in [-0.39, 0.29) is 11.9 Å². The fraction of sp³-hybridized carbons (Fsp3) is 0.162. The first kappa shape index (κ1) is 33.4. The second kappa shape index (κ2) is 16.0. The first-order valence-corrected chi connectivity index (χ1v) is 17.6. The van der Waals surface area contributed by atoms with E-state index in [1.54, 1.807) is 24.3 Å². The van der Waals surface area contributed by atoms with E-state index < -0.39 is 49.0 Å². The maximum absolute atomic E-state index is 13.6. The van der Waals surface area contributed by atoms with Crippen LogP contribution in [0.15, 0.2) is 155 Å². The van der Waals surface area contributed by atoms with Crippen molar-refractivity contribution in [2.24, 2.45) is 0 Å². The number of methoxy groups -OCH3 is 1. The Bertz CT molecular complexity index is 1810. The summed E-state index contributed by atoms with van der Waals surface area (Å²) >= 11 is -2.75. The van der Waals surface area contributed by atoms with Gasteiger partial charge in [-0.25, -0.2) is 0 Å². The van der Waals surface area contributed by atoms with Crippen molar-refractivity contribution in [1.82, 2.24) is 9.55 Å². The monoisotopic (exact) mass is 698 g/mol. The molecule has 1 heterocycles. The Balaban J connectivity index is 1.57. The Morgan fingerprint density at radius 2 is 1.32 bits per heavy atom. The average Bonchev–Trinajstić information content (AvgIpc) is 3.12. The summed E-state index contributed by atoms with van der Waals surface area (Å²) in [5, 5.41) is -0.0419. The van der Waals surface area contributed by atoms with Gasteiger partial charge in [0.2, 0.25) is 0 Å². The van der Waals surface area contributed by atoms with Gasteiger partial charge in [-0.3, -0.25) is 0 Å². The van der Waals surface area contributed by atoms with Crippen LogP contribution in [0, 0.1) is 0 Å². The SMILES string of the molecule is COC(=O)/C=C/[C@@H](COC(c1ccccc1)(c1ccccc1)c1ccccc1)O[C@H](C[Se](=O)c1ccccc1)n1ccc(=O)[nH]c1=O. The molecule has 0 amide bonds. The van der Waals surface area contributed by atoms with Gasteiger partial charge in [-0.15, -0.1) is 0 Å². The molecule has 5 rings (SSSR count). The molecule has 0 saturated carbocycles. The number of esters is 1. The van der Waals surface area contributed by atoms with Crippen molar-refractivity contribution in [2.45, 2.75) is 23.3 Å². The van der Waals surface area contributed by atoms with Crippen LogP contribution >= 0.6 is 0 Å². The third-order valence-corrected chi connectivity index (χ3v) is 10.4. The van der Waals surface area contributed by atoms with Gasteiger partial charge in [-0.1, -0.05) is 0 Å². The van der Waals surface area contributed by atoms with Crippen molar-refractivity contribution in [1.29, 1.82) is 0 Å². The van der Waals surface area contributed by atoms with E-state index >= 15 is 0 Å².